The summed E-state index contributed by atoms with van der Waals surface area (Å²) in [5.41, 5.74) is 5.41. The Labute approximate surface area is 116 Å². The van der Waals surface area contributed by atoms with Gasteiger partial charge in [-0.25, -0.2) is 0 Å². The van der Waals surface area contributed by atoms with Crippen LogP contribution < -0.4 is 11.1 Å². The standard InChI is InChI=1S/C14H28N2O3/c1-6-11(13(15)18)16-9-10(7-12(17)19-5)8-14(2,3)4/h10-11,16H,6-9H2,1-5H3,(H2,15,18)/t10-,11-/m0/s1. The molecule has 0 aromatic carbocycles. The molecule has 0 fully saturated rings. The molecule has 0 aliphatic carbocycles. The lowest BCUT2D eigenvalue weighted by Gasteiger charge is -2.26. The number of carbonyl (C=O) groups is 2. The van der Waals surface area contributed by atoms with Crippen molar-refractivity contribution in [3.8, 4) is 0 Å². The Morgan fingerprint density at radius 1 is 1.32 bits per heavy atom. The molecule has 0 unspecified atom stereocenters. The van der Waals surface area contributed by atoms with Crippen LogP contribution in [0.2, 0.25) is 0 Å². The van der Waals surface area contributed by atoms with E-state index in [4.69, 9.17) is 10.5 Å². The Kier molecular flexibility index (Phi) is 7.68. The molecular formula is C14H28N2O3. The van der Waals surface area contributed by atoms with Crippen molar-refractivity contribution in [1.29, 1.82) is 0 Å². The van der Waals surface area contributed by atoms with Crippen LogP contribution in [0.5, 0.6) is 0 Å². The summed E-state index contributed by atoms with van der Waals surface area (Å²) in [5.74, 6) is -0.431. The van der Waals surface area contributed by atoms with Crippen LogP contribution in [0.15, 0.2) is 0 Å². The first-order chi connectivity index (χ1) is 8.69. The van der Waals surface area contributed by atoms with Crippen LogP contribution in [0, 0.1) is 11.3 Å². The number of methoxy groups -OCH3 is 1. The lowest BCUT2D eigenvalue weighted by atomic mass is 9.83. The summed E-state index contributed by atoms with van der Waals surface area (Å²) >= 11 is 0. The Hall–Kier alpha value is -1.10. The third kappa shape index (κ3) is 8.59. The number of ether oxygens (including phenoxy) is 1. The monoisotopic (exact) mass is 272 g/mol. The summed E-state index contributed by atoms with van der Waals surface area (Å²) in [5, 5.41) is 3.14. The number of primary amides is 1. The van der Waals surface area contributed by atoms with Crippen LogP contribution in [-0.2, 0) is 14.3 Å². The van der Waals surface area contributed by atoms with Gasteiger partial charge in [0.15, 0.2) is 0 Å². The van der Waals surface area contributed by atoms with Crippen LogP contribution in [0.4, 0.5) is 0 Å². The lowest BCUT2D eigenvalue weighted by molar-refractivity contribution is -0.141. The number of carbonyl (C=O) groups excluding carboxylic acids is 2. The van der Waals surface area contributed by atoms with E-state index < -0.39 is 0 Å². The molecule has 1 amide bonds. The Morgan fingerprint density at radius 2 is 1.89 bits per heavy atom. The summed E-state index contributed by atoms with van der Waals surface area (Å²) in [7, 11) is 1.39. The van der Waals surface area contributed by atoms with Crippen molar-refractivity contribution in [2.45, 2.75) is 53.0 Å². The van der Waals surface area contributed by atoms with Crippen LogP contribution in [0.25, 0.3) is 0 Å². The van der Waals surface area contributed by atoms with Crippen molar-refractivity contribution < 1.29 is 14.3 Å². The van der Waals surface area contributed by atoms with Crippen LogP contribution >= 0.6 is 0 Å². The van der Waals surface area contributed by atoms with Crippen molar-refractivity contribution in [3.05, 3.63) is 0 Å². The molecule has 0 saturated carbocycles. The van der Waals surface area contributed by atoms with Crippen molar-refractivity contribution in [3.63, 3.8) is 0 Å². The molecule has 112 valence electrons. The van der Waals surface area contributed by atoms with Crippen molar-refractivity contribution in [2.24, 2.45) is 17.1 Å². The molecule has 0 aromatic rings. The average molecular weight is 272 g/mol. The maximum Gasteiger partial charge on any atom is 0.305 e. The SMILES string of the molecule is CC[C@H](NC[C@@H](CC(=O)OC)CC(C)(C)C)C(N)=O. The highest BCUT2D eigenvalue weighted by molar-refractivity contribution is 5.79. The third-order valence-electron chi connectivity index (χ3n) is 2.99. The van der Waals surface area contributed by atoms with Gasteiger partial charge < -0.3 is 15.8 Å². The topological polar surface area (TPSA) is 81.4 Å². The number of rotatable bonds is 8. The Bertz CT molecular complexity index is 298. The number of amides is 1. The predicted octanol–water partition coefficient (Wildman–Crippen LogP) is 1.46. The molecule has 0 aliphatic heterocycles. The van der Waals surface area contributed by atoms with Gasteiger partial charge in [-0.1, -0.05) is 27.7 Å². The second kappa shape index (κ2) is 8.15. The molecule has 0 radical (unpaired) electrons. The fourth-order valence-electron chi connectivity index (χ4n) is 2.16. The number of esters is 1. The molecule has 0 heterocycles. The predicted molar refractivity (Wildman–Crippen MR) is 75.5 cm³/mol. The smallest absolute Gasteiger partial charge is 0.305 e. The number of nitrogens with one attached hydrogen (secondary N) is 1. The fourth-order valence-corrected chi connectivity index (χ4v) is 2.16. The van der Waals surface area contributed by atoms with Crippen molar-refractivity contribution in [2.75, 3.05) is 13.7 Å². The van der Waals surface area contributed by atoms with Gasteiger partial charge in [0.1, 0.15) is 0 Å². The molecule has 0 bridgehead atoms. The van der Waals surface area contributed by atoms with Gasteiger partial charge in [0.25, 0.3) is 0 Å². The van der Waals surface area contributed by atoms with E-state index in [0.717, 1.165) is 6.42 Å². The van der Waals surface area contributed by atoms with E-state index >= 15 is 0 Å². The molecule has 0 aromatic heterocycles. The molecule has 0 rings (SSSR count). The molecule has 5 heteroatoms. The van der Waals surface area contributed by atoms with E-state index in [1.54, 1.807) is 0 Å². The van der Waals surface area contributed by atoms with Gasteiger partial charge in [0, 0.05) is 6.42 Å². The average Bonchev–Trinajstić information content (AvgIpc) is 2.26. The van der Waals surface area contributed by atoms with E-state index in [-0.39, 0.29) is 29.3 Å². The first kappa shape index (κ1) is 17.9. The Morgan fingerprint density at radius 3 is 2.26 bits per heavy atom. The first-order valence-electron chi connectivity index (χ1n) is 6.79. The van der Waals surface area contributed by atoms with Gasteiger partial charge >= 0.3 is 5.97 Å². The van der Waals surface area contributed by atoms with Crippen molar-refractivity contribution >= 4 is 11.9 Å². The molecule has 5 nitrogen and oxygen atoms in total. The van der Waals surface area contributed by atoms with Gasteiger partial charge in [-0.3, -0.25) is 9.59 Å². The Balaban J connectivity index is 4.49. The quantitative estimate of drug-likeness (QED) is 0.655. The molecule has 0 aliphatic rings. The van der Waals surface area contributed by atoms with Crippen LogP contribution in [0.3, 0.4) is 0 Å². The summed E-state index contributed by atoms with van der Waals surface area (Å²) < 4.78 is 4.72. The highest BCUT2D eigenvalue weighted by Gasteiger charge is 2.23. The number of nitrogens with two attached hydrogens (primary N) is 1. The largest absolute Gasteiger partial charge is 0.469 e. The van der Waals surface area contributed by atoms with Gasteiger partial charge in [0.05, 0.1) is 13.2 Å². The first-order valence-corrected chi connectivity index (χ1v) is 6.79. The van der Waals surface area contributed by atoms with E-state index in [9.17, 15) is 9.59 Å². The molecule has 0 saturated heterocycles. The summed E-state index contributed by atoms with van der Waals surface area (Å²) in [6.07, 6.45) is 1.88. The van der Waals surface area contributed by atoms with Crippen LogP contribution in [-0.4, -0.2) is 31.6 Å². The van der Waals surface area contributed by atoms with Crippen LogP contribution in [0.1, 0.15) is 47.0 Å². The van der Waals surface area contributed by atoms with E-state index in [1.165, 1.54) is 7.11 Å². The van der Waals surface area contributed by atoms with Gasteiger partial charge in [-0.2, -0.15) is 0 Å². The zero-order chi connectivity index (χ0) is 15.1. The van der Waals surface area contributed by atoms with E-state index in [2.05, 4.69) is 26.1 Å². The number of hydrogen-bond acceptors (Lipinski definition) is 4. The summed E-state index contributed by atoms with van der Waals surface area (Å²) in [6.45, 7) is 8.88. The molecular weight excluding hydrogens is 244 g/mol. The highest BCUT2D eigenvalue weighted by atomic mass is 16.5. The molecule has 0 spiro atoms. The molecule has 3 N–H and O–H groups in total. The second-order valence-corrected chi connectivity index (χ2v) is 6.18. The second-order valence-electron chi connectivity index (χ2n) is 6.18. The minimum atomic E-state index is -0.352. The maximum absolute atomic E-state index is 11.4. The zero-order valence-corrected chi connectivity index (χ0v) is 12.8. The van der Waals surface area contributed by atoms with Gasteiger partial charge in [-0.05, 0) is 30.7 Å². The highest BCUT2D eigenvalue weighted by Crippen LogP contribution is 2.26. The van der Waals surface area contributed by atoms with E-state index in [1.807, 2.05) is 6.92 Å². The van der Waals surface area contributed by atoms with E-state index in [0.29, 0.717) is 19.4 Å². The minimum absolute atomic E-state index is 0.120. The summed E-state index contributed by atoms with van der Waals surface area (Å²) in [4.78, 5) is 22.6. The minimum Gasteiger partial charge on any atom is -0.469 e. The normalized spacial score (nSPS) is 14.8. The zero-order valence-electron chi connectivity index (χ0n) is 12.8. The maximum atomic E-state index is 11.4. The van der Waals surface area contributed by atoms with Gasteiger partial charge in [0.2, 0.25) is 5.91 Å². The lowest BCUT2D eigenvalue weighted by Crippen LogP contribution is -2.43. The summed E-state index contributed by atoms with van der Waals surface area (Å²) in [6, 6.07) is -0.333. The molecule has 2 atom stereocenters. The van der Waals surface area contributed by atoms with Gasteiger partial charge in [-0.15, -0.1) is 0 Å². The number of hydrogen-bond donors (Lipinski definition) is 2. The van der Waals surface area contributed by atoms with Crippen molar-refractivity contribution in [1.82, 2.24) is 5.32 Å². The molecule has 19 heavy (non-hydrogen) atoms. The fraction of sp³-hybridized carbons (Fsp3) is 0.857. The third-order valence-corrected chi connectivity index (χ3v) is 2.99.